The van der Waals surface area contributed by atoms with Gasteiger partial charge in [0.1, 0.15) is 0 Å². The molecule has 0 bridgehead atoms. The van der Waals surface area contributed by atoms with E-state index in [2.05, 4.69) is 315 Å². The topological polar surface area (TPSA) is 8.17 Å². The standard InChI is InChI=1S/C83H57BN2S2/c1-83(2,3)57-38-35-52(36-39-57)56-47-68-77(78-59(53-23-9-5-10-24-53)42-44-65-63-29-15-19-33-75(63)87-81(65)78)67-41-40-58(85-71-31-17-13-27-61(71)62-28-14-18-32-72(62)85)50-69(67)84-70-48-55(51-21-7-4-8-22-51)37-46-73(70)86(74(49-56)79(68)84)80-60(54-25-11-6-12-26-54)43-45-66-64-30-16-20-34-76(64)88-82(66)80/h4-50,77H,1-3H3. The van der Waals surface area contributed by atoms with E-state index in [-0.39, 0.29) is 18.0 Å². The number of hydrogen-bond acceptors (Lipinski definition) is 3. The van der Waals surface area contributed by atoms with Crippen LogP contribution in [-0.2, 0) is 5.41 Å². The van der Waals surface area contributed by atoms with Crippen molar-refractivity contribution < 1.29 is 0 Å². The van der Waals surface area contributed by atoms with Gasteiger partial charge in [0.25, 0.3) is 0 Å². The molecule has 88 heavy (non-hydrogen) atoms. The molecule has 0 amide bonds. The second kappa shape index (κ2) is 19.7. The number of nitrogens with zero attached hydrogens (tertiary/aromatic N) is 2. The zero-order valence-electron chi connectivity index (χ0n) is 49.0. The van der Waals surface area contributed by atoms with E-state index in [1.807, 2.05) is 22.7 Å². The van der Waals surface area contributed by atoms with Crippen molar-refractivity contribution in [3.8, 4) is 50.2 Å². The van der Waals surface area contributed by atoms with E-state index in [0.717, 1.165) is 5.69 Å². The first-order chi connectivity index (χ1) is 43.3. The molecule has 2 nitrogen and oxygen atoms in total. The number of thiophene rings is 2. The lowest BCUT2D eigenvalue weighted by molar-refractivity contribution is 0.590. The average molecular weight is 1160 g/mol. The van der Waals surface area contributed by atoms with E-state index in [1.54, 1.807) is 0 Å². The van der Waals surface area contributed by atoms with Gasteiger partial charge in [0.05, 0.1) is 21.4 Å². The van der Waals surface area contributed by atoms with Crippen LogP contribution < -0.4 is 21.3 Å². The smallest absolute Gasteiger partial charge is 0.247 e. The molecule has 1 atom stereocenters. The summed E-state index contributed by atoms with van der Waals surface area (Å²) in [7, 11) is 0. The summed E-state index contributed by atoms with van der Waals surface area (Å²) in [5, 5.41) is 7.65. The molecule has 5 heteroatoms. The first-order valence-corrected chi connectivity index (χ1v) is 32.3. The van der Waals surface area contributed by atoms with E-state index >= 15 is 0 Å². The first-order valence-electron chi connectivity index (χ1n) is 30.7. The van der Waals surface area contributed by atoms with Crippen LogP contribution in [0.3, 0.4) is 0 Å². The molecule has 0 aliphatic carbocycles. The van der Waals surface area contributed by atoms with Crippen molar-refractivity contribution in [1.82, 2.24) is 4.57 Å². The summed E-state index contributed by atoms with van der Waals surface area (Å²) in [4.78, 5) is 2.73. The van der Waals surface area contributed by atoms with Crippen molar-refractivity contribution in [3.63, 3.8) is 0 Å². The molecular weight excluding hydrogens is 1100 g/mol. The normalized spacial score (nSPS) is 13.7. The van der Waals surface area contributed by atoms with Crippen LogP contribution in [-0.4, -0.2) is 11.3 Å². The van der Waals surface area contributed by atoms with Gasteiger partial charge >= 0.3 is 0 Å². The van der Waals surface area contributed by atoms with Crippen molar-refractivity contribution in [2.24, 2.45) is 0 Å². The molecule has 3 aromatic heterocycles. The largest absolute Gasteiger partial charge is 0.309 e. The molecule has 16 aromatic rings. The summed E-state index contributed by atoms with van der Waals surface area (Å²) in [5.74, 6) is -0.192. The van der Waals surface area contributed by atoms with Crippen molar-refractivity contribution in [2.75, 3.05) is 4.90 Å². The van der Waals surface area contributed by atoms with E-state index in [4.69, 9.17) is 0 Å². The maximum Gasteiger partial charge on any atom is 0.247 e. The molecular formula is C83H57BN2S2. The number of anilines is 3. The Hall–Kier alpha value is -10.0. The molecule has 1 unspecified atom stereocenters. The molecule has 414 valence electrons. The van der Waals surface area contributed by atoms with Gasteiger partial charge in [-0.2, -0.15) is 0 Å². The highest BCUT2D eigenvalue weighted by atomic mass is 32.1. The number of fused-ring (bicyclic) bond motifs is 13. The second-order valence-electron chi connectivity index (χ2n) is 25.0. The minimum Gasteiger partial charge on any atom is -0.309 e. The first kappa shape index (κ1) is 51.2. The maximum atomic E-state index is 2.73. The molecule has 13 aromatic carbocycles. The van der Waals surface area contributed by atoms with Crippen LogP contribution in [0.5, 0.6) is 0 Å². The Balaban J connectivity index is 1.03. The molecule has 5 heterocycles. The number of hydrogen-bond donors (Lipinski definition) is 0. The fourth-order valence-electron chi connectivity index (χ4n) is 15.1. The van der Waals surface area contributed by atoms with Crippen molar-refractivity contribution >= 4 is 125 Å². The maximum absolute atomic E-state index is 2.73. The third-order valence-corrected chi connectivity index (χ3v) is 21.5. The average Bonchev–Trinajstić information content (AvgIpc) is 0.874. The van der Waals surface area contributed by atoms with Crippen LogP contribution in [0.2, 0.25) is 0 Å². The van der Waals surface area contributed by atoms with Gasteiger partial charge in [-0.25, -0.2) is 0 Å². The van der Waals surface area contributed by atoms with Crippen LogP contribution in [0.15, 0.2) is 285 Å². The Bertz CT molecular complexity index is 5420. The molecule has 0 radical (unpaired) electrons. The van der Waals surface area contributed by atoms with Crippen LogP contribution in [0.1, 0.15) is 48.9 Å². The van der Waals surface area contributed by atoms with Gasteiger partial charge in [-0.15, -0.1) is 22.7 Å². The van der Waals surface area contributed by atoms with Gasteiger partial charge in [0.15, 0.2) is 0 Å². The van der Waals surface area contributed by atoms with Gasteiger partial charge in [0, 0.05) is 75.0 Å². The van der Waals surface area contributed by atoms with Gasteiger partial charge in [-0.05, 0) is 126 Å². The summed E-state index contributed by atoms with van der Waals surface area (Å²) in [6.45, 7) is 6.78. The van der Waals surface area contributed by atoms with Gasteiger partial charge in [-0.1, -0.05) is 263 Å². The Morgan fingerprint density at radius 1 is 0.364 bits per heavy atom. The predicted octanol–water partition coefficient (Wildman–Crippen LogP) is 21.3. The fourth-order valence-corrected chi connectivity index (χ4v) is 17.6. The van der Waals surface area contributed by atoms with Crippen LogP contribution >= 0.6 is 22.7 Å². The highest BCUT2D eigenvalue weighted by molar-refractivity contribution is 7.26. The summed E-state index contributed by atoms with van der Waals surface area (Å²) < 4.78 is 7.71. The quantitative estimate of drug-likeness (QED) is 0.144. The highest BCUT2D eigenvalue weighted by Crippen LogP contribution is 2.54. The molecule has 0 N–H and O–H groups in total. The molecule has 0 spiro atoms. The zero-order chi connectivity index (χ0) is 58.4. The number of benzene rings is 13. The third-order valence-electron chi connectivity index (χ3n) is 19.1. The molecule has 0 saturated heterocycles. The summed E-state index contributed by atoms with van der Waals surface area (Å²) in [6.07, 6.45) is 0. The Morgan fingerprint density at radius 3 is 1.55 bits per heavy atom. The zero-order valence-corrected chi connectivity index (χ0v) is 50.6. The second-order valence-corrected chi connectivity index (χ2v) is 27.1. The number of rotatable bonds is 7. The number of aromatic nitrogens is 1. The van der Waals surface area contributed by atoms with E-state index in [9.17, 15) is 0 Å². The van der Waals surface area contributed by atoms with Gasteiger partial charge in [0.2, 0.25) is 6.71 Å². The van der Waals surface area contributed by atoms with Crippen LogP contribution in [0.25, 0.3) is 112 Å². The van der Waals surface area contributed by atoms with Crippen molar-refractivity contribution in [3.05, 3.63) is 307 Å². The lowest BCUT2D eigenvalue weighted by Gasteiger charge is -2.44. The Kier molecular flexibility index (Phi) is 11.5. The van der Waals surface area contributed by atoms with Crippen LogP contribution in [0, 0.1) is 0 Å². The lowest BCUT2D eigenvalue weighted by Crippen LogP contribution is -2.62. The monoisotopic (exact) mass is 1160 g/mol. The highest BCUT2D eigenvalue weighted by Gasteiger charge is 2.46. The van der Waals surface area contributed by atoms with E-state index in [0.29, 0.717) is 0 Å². The molecule has 18 rings (SSSR count). The minimum absolute atomic E-state index is 0.00681. The minimum atomic E-state index is -0.192. The molecule has 2 aliphatic heterocycles. The summed E-state index contributed by atoms with van der Waals surface area (Å²) >= 11 is 3.87. The molecule has 0 saturated carbocycles. The van der Waals surface area contributed by atoms with Gasteiger partial charge in [-0.3, -0.25) is 0 Å². The lowest BCUT2D eigenvalue weighted by atomic mass is 9.31. The third kappa shape index (κ3) is 7.80. The summed E-state index contributed by atoms with van der Waals surface area (Å²) in [6, 6.07) is 109. The number of para-hydroxylation sites is 2. The fraction of sp³-hybridized carbons (Fsp3) is 0.0602. The Morgan fingerprint density at radius 2 is 0.898 bits per heavy atom. The summed E-state index contributed by atoms with van der Waals surface area (Å²) in [5.41, 5.74) is 26.1. The van der Waals surface area contributed by atoms with Crippen molar-refractivity contribution in [1.29, 1.82) is 0 Å². The molecule has 2 aliphatic rings. The van der Waals surface area contributed by atoms with E-state index in [1.165, 1.54) is 162 Å². The Labute approximate surface area is 520 Å². The van der Waals surface area contributed by atoms with Crippen molar-refractivity contribution in [2.45, 2.75) is 32.1 Å². The SMILES string of the molecule is CC(C)(C)c1ccc(-c2cc3c4c(c2)N(c2c(-c5ccccc5)ccc5c2sc2ccccc25)c2ccc(-c5ccccc5)cc2B4c2cc(-n4c5ccccc5c5ccccc54)ccc2C3c2c(-c3ccccc3)ccc3c2sc2ccccc23)cc1. The van der Waals surface area contributed by atoms with Crippen LogP contribution in [0.4, 0.5) is 17.1 Å². The predicted molar refractivity (Wildman–Crippen MR) is 380 cm³/mol. The van der Waals surface area contributed by atoms with Gasteiger partial charge < -0.3 is 9.47 Å². The van der Waals surface area contributed by atoms with E-state index < -0.39 is 0 Å². The molecule has 0 fully saturated rings.